The quantitative estimate of drug-likeness (QED) is 0.742. The van der Waals surface area contributed by atoms with Gasteiger partial charge in [0.25, 0.3) is 0 Å². The van der Waals surface area contributed by atoms with E-state index in [1.807, 2.05) is 31.3 Å². The molecule has 1 aromatic heterocycles. The third-order valence-corrected chi connectivity index (χ3v) is 3.26. The molecule has 2 N–H and O–H groups in total. The fourth-order valence-corrected chi connectivity index (χ4v) is 2.29. The van der Waals surface area contributed by atoms with Crippen molar-refractivity contribution in [3.63, 3.8) is 0 Å². The predicted octanol–water partition coefficient (Wildman–Crippen LogP) is 3.47. The summed E-state index contributed by atoms with van der Waals surface area (Å²) in [4.78, 5) is 3.38. The van der Waals surface area contributed by atoms with Gasteiger partial charge in [0.15, 0.2) is 0 Å². The average Bonchev–Trinajstić information content (AvgIpc) is 2.88. The Morgan fingerprint density at radius 1 is 1.05 bits per heavy atom. The normalized spacial score (nSPS) is 10.8. The molecular formula is C17H18N2O. The zero-order valence-electron chi connectivity index (χ0n) is 11.5. The van der Waals surface area contributed by atoms with Crippen molar-refractivity contribution < 1.29 is 4.74 Å². The third-order valence-electron chi connectivity index (χ3n) is 3.26. The fraction of sp³-hybridized carbons (Fsp3) is 0.176. The van der Waals surface area contributed by atoms with Gasteiger partial charge in [-0.1, -0.05) is 30.3 Å². The Morgan fingerprint density at radius 3 is 2.70 bits per heavy atom. The van der Waals surface area contributed by atoms with E-state index < -0.39 is 0 Å². The summed E-state index contributed by atoms with van der Waals surface area (Å²) in [5.74, 6) is 0.899. The molecule has 3 heteroatoms. The van der Waals surface area contributed by atoms with Crippen LogP contribution in [0.5, 0.6) is 5.75 Å². The molecule has 0 saturated carbocycles. The summed E-state index contributed by atoms with van der Waals surface area (Å²) in [6.07, 6.45) is 0. The maximum atomic E-state index is 5.84. The summed E-state index contributed by atoms with van der Waals surface area (Å²) < 4.78 is 5.84. The second-order valence-corrected chi connectivity index (χ2v) is 4.85. The van der Waals surface area contributed by atoms with Gasteiger partial charge in [0.05, 0.1) is 0 Å². The molecule has 20 heavy (non-hydrogen) atoms. The summed E-state index contributed by atoms with van der Waals surface area (Å²) in [5, 5.41) is 4.33. The Hall–Kier alpha value is -2.26. The van der Waals surface area contributed by atoms with Crippen molar-refractivity contribution in [3.8, 4) is 5.75 Å². The third kappa shape index (κ3) is 2.83. The summed E-state index contributed by atoms with van der Waals surface area (Å²) >= 11 is 0. The van der Waals surface area contributed by atoms with Crippen molar-refractivity contribution in [2.75, 3.05) is 7.05 Å². The van der Waals surface area contributed by atoms with Crippen LogP contribution in [0.2, 0.25) is 0 Å². The number of aromatic nitrogens is 1. The first-order valence-corrected chi connectivity index (χ1v) is 6.78. The average molecular weight is 266 g/mol. The van der Waals surface area contributed by atoms with Crippen LogP contribution in [0.25, 0.3) is 10.9 Å². The molecule has 3 rings (SSSR count). The topological polar surface area (TPSA) is 37.0 Å². The van der Waals surface area contributed by atoms with Crippen molar-refractivity contribution in [1.82, 2.24) is 10.3 Å². The zero-order valence-corrected chi connectivity index (χ0v) is 11.5. The van der Waals surface area contributed by atoms with Crippen molar-refractivity contribution in [1.29, 1.82) is 0 Å². The Morgan fingerprint density at radius 2 is 1.90 bits per heavy atom. The number of hydrogen-bond donors (Lipinski definition) is 2. The molecule has 2 aromatic carbocycles. The van der Waals surface area contributed by atoms with E-state index in [9.17, 15) is 0 Å². The SMILES string of the molecule is CNCc1cc2cc(OCc3ccccc3)ccc2[nH]1. The molecule has 0 atom stereocenters. The fourth-order valence-electron chi connectivity index (χ4n) is 2.29. The van der Waals surface area contributed by atoms with Gasteiger partial charge in [-0.25, -0.2) is 0 Å². The molecule has 0 bridgehead atoms. The minimum absolute atomic E-state index is 0.597. The first kappa shape index (κ1) is 12.8. The van der Waals surface area contributed by atoms with Gasteiger partial charge in [0.1, 0.15) is 12.4 Å². The molecule has 1 heterocycles. The van der Waals surface area contributed by atoms with E-state index in [0.717, 1.165) is 17.8 Å². The number of rotatable bonds is 5. The van der Waals surface area contributed by atoms with Crippen molar-refractivity contribution in [3.05, 3.63) is 65.9 Å². The lowest BCUT2D eigenvalue weighted by molar-refractivity contribution is 0.306. The van der Waals surface area contributed by atoms with Crippen LogP contribution in [-0.2, 0) is 13.2 Å². The molecule has 0 saturated heterocycles. The Bertz CT molecular complexity index is 689. The molecule has 0 fully saturated rings. The molecule has 0 unspecified atom stereocenters. The Labute approximate surface area is 118 Å². The Kier molecular flexibility index (Phi) is 3.70. The predicted molar refractivity (Wildman–Crippen MR) is 81.8 cm³/mol. The molecule has 0 aliphatic rings. The lowest BCUT2D eigenvalue weighted by atomic mass is 10.2. The second-order valence-electron chi connectivity index (χ2n) is 4.85. The molecule has 0 aliphatic heterocycles. The zero-order chi connectivity index (χ0) is 13.8. The molecular weight excluding hydrogens is 248 g/mol. The summed E-state index contributed by atoms with van der Waals surface area (Å²) in [5.41, 5.74) is 3.50. The van der Waals surface area contributed by atoms with Gasteiger partial charge in [-0.2, -0.15) is 0 Å². The Balaban J connectivity index is 1.75. The number of benzene rings is 2. The van der Waals surface area contributed by atoms with Gasteiger partial charge in [-0.3, -0.25) is 0 Å². The van der Waals surface area contributed by atoms with Crippen molar-refractivity contribution in [2.24, 2.45) is 0 Å². The minimum Gasteiger partial charge on any atom is -0.489 e. The van der Waals surface area contributed by atoms with Gasteiger partial charge >= 0.3 is 0 Å². The van der Waals surface area contributed by atoms with Crippen LogP contribution in [0.15, 0.2) is 54.6 Å². The van der Waals surface area contributed by atoms with E-state index in [-0.39, 0.29) is 0 Å². The number of fused-ring (bicyclic) bond motifs is 1. The van der Waals surface area contributed by atoms with Gasteiger partial charge in [-0.05, 0) is 36.9 Å². The number of nitrogens with one attached hydrogen (secondary N) is 2. The maximum Gasteiger partial charge on any atom is 0.120 e. The van der Waals surface area contributed by atoms with Crippen LogP contribution in [0.3, 0.4) is 0 Å². The van der Waals surface area contributed by atoms with Gasteiger partial charge in [-0.15, -0.1) is 0 Å². The van der Waals surface area contributed by atoms with E-state index in [1.54, 1.807) is 0 Å². The highest BCUT2D eigenvalue weighted by Gasteiger charge is 2.02. The molecule has 3 aromatic rings. The van der Waals surface area contributed by atoms with Crippen LogP contribution in [-0.4, -0.2) is 12.0 Å². The molecule has 102 valence electrons. The molecule has 0 radical (unpaired) electrons. The van der Waals surface area contributed by atoms with Crippen LogP contribution in [0.1, 0.15) is 11.3 Å². The first-order chi connectivity index (χ1) is 9.85. The van der Waals surface area contributed by atoms with Crippen LogP contribution in [0.4, 0.5) is 0 Å². The first-order valence-electron chi connectivity index (χ1n) is 6.78. The van der Waals surface area contributed by atoms with Crippen LogP contribution in [0, 0.1) is 0 Å². The monoisotopic (exact) mass is 266 g/mol. The summed E-state index contributed by atoms with van der Waals surface area (Å²) in [6, 6.07) is 18.5. The molecule has 0 amide bonds. The minimum atomic E-state index is 0.597. The second kappa shape index (κ2) is 5.80. The van der Waals surface area contributed by atoms with Crippen molar-refractivity contribution in [2.45, 2.75) is 13.2 Å². The standard InChI is InChI=1S/C17H18N2O/c1-18-11-15-9-14-10-16(7-8-17(14)19-15)20-12-13-5-3-2-4-6-13/h2-10,18-19H,11-12H2,1H3. The van der Waals surface area contributed by atoms with Gasteiger partial charge in [0, 0.05) is 23.1 Å². The number of aromatic amines is 1. The number of ether oxygens (including phenoxy) is 1. The van der Waals surface area contributed by atoms with Crippen molar-refractivity contribution >= 4 is 10.9 Å². The highest BCUT2D eigenvalue weighted by Crippen LogP contribution is 2.22. The maximum absolute atomic E-state index is 5.84. The summed E-state index contributed by atoms with van der Waals surface area (Å²) in [6.45, 7) is 1.44. The van der Waals surface area contributed by atoms with Gasteiger partial charge in [0.2, 0.25) is 0 Å². The van der Waals surface area contributed by atoms with Gasteiger partial charge < -0.3 is 15.0 Å². The van der Waals surface area contributed by atoms with E-state index in [2.05, 4.69) is 40.6 Å². The van der Waals surface area contributed by atoms with E-state index in [4.69, 9.17) is 4.74 Å². The van der Waals surface area contributed by atoms with Crippen LogP contribution >= 0.6 is 0 Å². The van der Waals surface area contributed by atoms with E-state index in [1.165, 1.54) is 16.6 Å². The lowest BCUT2D eigenvalue weighted by Gasteiger charge is -2.06. The van der Waals surface area contributed by atoms with E-state index in [0.29, 0.717) is 6.61 Å². The lowest BCUT2D eigenvalue weighted by Crippen LogP contribution is -2.04. The van der Waals surface area contributed by atoms with Crippen LogP contribution < -0.4 is 10.1 Å². The molecule has 0 aliphatic carbocycles. The summed E-state index contributed by atoms with van der Waals surface area (Å²) in [7, 11) is 1.94. The highest BCUT2D eigenvalue weighted by atomic mass is 16.5. The number of hydrogen-bond acceptors (Lipinski definition) is 2. The smallest absolute Gasteiger partial charge is 0.120 e. The molecule has 0 spiro atoms. The van der Waals surface area contributed by atoms with E-state index >= 15 is 0 Å². The largest absolute Gasteiger partial charge is 0.489 e. The number of H-pyrrole nitrogens is 1. The molecule has 3 nitrogen and oxygen atoms in total. The highest BCUT2D eigenvalue weighted by molar-refractivity contribution is 5.81.